The first-order valence-corrected chi connectivity index (χ1v) is 28.1. The first-order valence-electron chi connectivity index (χ1n) is 27.0. The van der Waals surface area contributed by atoms with Crippen molar-refractivity contribution < 1.29 is 116 Å². The lowest BCUT2D eigenvalue weighted by Crippen LogP contribution is -2.68. The third-order valence-electron chi connectivity index (χ3n) is 13.9. The number of carbonyl (C=O) groups is 9. The Morgan fingerprint density at radius 2 is 1.20 bits per heavy atom. The van der Waals surface area contributed by atoms with Crippen LogP contribution < -0.4 is 15.4 Å². The number of Topliss-reactive ketones (excluding diaryl/α,β-unsaturated/α-hetero) is 1. The zero-order valence-electron chi connectivity index (χ0n) is 46.2. The van der Waals surface area contributed by atoms with Gasteiger partial charge in [-0.2, -0.15) is 0 Å². The van der Waals surface area contributed by atoms with Crippen molar-refractivity contribution in [3.63, 3.8) is 0 Å². The van der Waals surface area contributed by atoms with Gasteiger partial charge in [0.05, 0.1) is 76.0 Å². The zero-order chi connectivity index (χ0) is 59.7. The Hall–Kier alpha value is -5.94. The minimum atomic E-state index is -1.41. The molecule has 6 heterocycles. The molecule has 0 saturated carbocycles. The van der Waals surface area contributed by atoms with Crippen LogP contribution in [0.3, 0.4) is 0 Å². The molecule has 31 heteroatoms. The Morgan fingerprint density at radius 1 is 0.675 bits per heavy atom. The van der Waals surface area contributed by atoms with Gasteiger partial charge in [-0.1, -0.05) is 0 Å². The van der Waals surface area contributed by atoms with Crippen molar-refractivity contribution in [3.8, 4) is 5.75 Å². The van der Waals surface area contributed by atoms with E-state index in [-0.39, 0.29) is 172 Å². The van der Waals surface area contributed by atoms with E-state index in [1.165, 1.54) is 41.3 Å². The van der Waals surface area contributed by atoms with Crippen molar-refractivity contribution in [2.45, 2.75) is 100 Å². The molecule has 2 aromatic rings. The summed E-state index contributed by atoms with van der Waals surface area (Å²) in [6, 6.07) is 2.94. The summed E-state index contributed by atoms with van der Waals surface area (Å²) < 4.78 is 62.6. The SMILES string of the molecule is CC(=O)CSC1CC(=O)N(CCOc2ccc3c(c2)c(C(=O)OCCOCCOCC(=O)NCC2O[C@H]4OCCN(C(C)=O)[C@H]4[C@@H](O)[C@H]2O)cn3CC(=O)OCCOCCOCC(=O)NC[C@H]2O[C@H]3OCCN(C(C)=O)[C@H]3[C@@H](O)[C@H]2O)C1=O. The second-order valence-corrected chi connectivity index (χ2v) is 21.0. The molecule has 0 bridgehead atoms. The maximum absolute atomic E-state index is 13.6. The summed E-state index contributed by atoms with van der Waals surface area (Å²) in [5.41, 5.74) is 0.477. The molecule has 6 amide bonds. The van der Waals surface area contributed by atoms with Gasteiger partial charge in [-0.3, -0.25) is 43.3 Å². The van der Waals surface area contributed by atoms with Crippen LogP contribution in [0.5, 0.6) is 5.75 Å². The number of ketones is 1. The van der Waals surface area contributed by atoms with E-state index < -0.39 is 96.2 Å². The number of hydrogen-bond acceptors (Lipinski definition) is 25. The van der Waals surface area contributed by atoms with Gasteiger partial charge in [0.15, 0.2) is 12.6 Å². The average Bonchev–Trinajstić information content (AvgIpc) is 4.13. The highest BCUT2D eigenvalue weighted by Crippen LogP contribution is 2.32. The number of morpholine rings is 2. The second kappa shape index (κ2) is 31.3. The van der Waals surface area contributed by atoms with Crippen LogP contribution in [-0.2, 0) is 92.3 Å². The number of thioether (sulfide) groups is 1. The number of imide groups is 1. The topological polar surface area (TPSA) is 375 Å². The molecule has 1 aromatic heterocycles. The average molecular weight is 1200 g/mol. The molecule has 460 valence electrons. The molecular weight excluding hydrogens is 1120 g/mol. The molecule has 0 aliphatic carbocycles. The minimum absolute atomic E-state index is 0.000812. The van der Waals surface area contributed by atoms with E-state index in [0.29, 0.717) is 10.9 Å². The van der Waals surface area contributed by atoms with Crippen molar-refractivity contribution in [1.82, 2.24) is 29.9 Å². The van der Waals surface area contributed by atoms with Gasteiger partial charge in [0, 0.05) is 63.5 Å². The highest BCUT2D eigenvalue weighted by Gasteiger charge is 2.51. The van der Waals surface area contributed by atoms with Crippen molar-refractivity contribution in [2.24, 2.45) is 0 Å². The van der Waals surface area contributed by atoms with E-state index in [9.17, 15) is 63.6 Å². The summed E-state index contributed by atoms with van der Waals surface area (Å²) in [4.78, 5) is 116. The van der Waals surface area contributed by atoms with Gasteiger partial charge in [-0.05, 0) is 25.1 Å². The third-order valence-corrected chi connectivity index (χ3v) is 15.2. The number of benzene rings is 1. The van der Waals surface area contributed by atoms with Gasteiger partial charge >= 0.3 is 11.9 Å². The molecule has 0 radical (unpaired) electrons. The van der Waals surface area contributed by atoms with E-state index in [1.54, 1.807) is 18.2 Å². The van der Waals surface area contributed by atoms with Gasteiger partial charge in [0.1, 0.15) is 99.8 Å². The number of hydrogen-bond donors (Lipinski definition) is 6. The third kappa shape index (κ3) is 17.6. The summed E-state index contributed by atoms with van der Waals surface area (Å²) in [7, 11) is 0. The number of nitrogens with one attached hydrogen (secondary N) is 2. The predicted octanol–water partition coefficient (Wildman–Crippen LogP) is -4.14. The highest BCUT2D eigenvalue weighted by atomic mass is 32.2. The molecule has 5 aliphatic rings. The maximum atomic E-state index is 13.6. The van der Waals surface area contributed by atoms with Crippen molar-refractivity contribution >= 4 is 75.8 Å². The molecule has 5 aliphatic heterocycles. The predicted molar refractivity (Wildman–Crippen MR) is 282 cm³/mol. The van der Waals surface area contributed by atoms with Crippen LogP contribution >= 0.6 is 11.8 Å². The summed E-state index contributed by atoms with van der Waals surface area (Å²) in [5.74, 6) is -3.69. The number of carbonyl (C=O) groups excluding carboxylic acids is 9. The summed E-state index contributed by atoms with van der Waals surface area (Å²) in [5, 5.41) is 47.5. The normalized spacial score (nSPS) is 26.1. The lowest BCUT2D eigenvalue weighted by molar-refractivity contribution is -0.296. The molecule has 6 N–H and O–H groups in total. The smallest absolute Gasteiger partial charge is 0.340 e. The van der Waals surface area contributed by atoms with E-state index >= 15 is 0 Å². The standard InChI is InChI=1S/C52H72N6O24S/c1-29(59)28-83-38-21-41(64)58(49(38)70)8-9-76-32-4-5-35-33(20-32)34(50(71)78-19-17-73-13-15-75-27-40(63)54-23-37-46(67)48(69)44-52(82-37)80-11-7-57(44)31(3)61)24-55(35)25-42(65)77-18-16-72-12-14-74-26-39(62)53-22-36-45(66)47(68)43-51(81-36)79-10-6-56(43)30(2)60/h4-5,20,24,36-38,43-48,51-52,66-69H,6-19,21-23,25-28H2,1-3H3,(H,53,62)(H,54,63)/t36-,37?,38?,43+,44+,45+,46+,47-,48-,51-,52-/m1/s1. The molecule has 0 spiro atoms. The fraction of sp³-hybridized carbons (Fsp3) is 0.673. The molecule has 5 fully saturated rings. The van der Waals surface area contributed by atoms with E-state index in [0.717, 1.165) is 16.7 Å². The summed E-state index contributed by atoms with van der Waals surface area (Å²) in [6.45, 7) is 2.94. The number of esters is 2. The van der Waals surface area contributed by atoms with Gasteiger partial charge < -0.3 is 97.5 Å². The number of aromatic nitrogens is 1. The number of aliphatic hydroxyl groups excluding tert-OH is 4. The molecule has 2 unspecified atom stereocenters. The van der Waals surface area contributed by atoms with Crippen LogP contribution in [0.1, 0.15) is 37.6 Å². The van der Waals surface area contributed by atoms with E-state index in [1.807, 2.05) is 0 Å². The Balaban J connectivity index is 0.817. The zero-order valence-corrected chi connectivity index (χ0v) is 47.0. The van der Waals surface area contributed by atoms with E-state index in [2.05, 4.69) is 10.6 Å². The molecule has 5 saturated heterocycles. The lowest BCUT2D eigenvalue weighted by Gasteiger charge is -2.49. The van der Waals surface area contributed by atoms with Crippen molar-refractivity contribution in [2.75, 3.05) is 124 Å². The van der Waals surface area contributed by atoms with Crippen molar-refractivity contribution in [3.05, 3.63) is 30.0 Å². The number of ether oxygens (including phenoxy) is 11. The number of amides is 6. The van der Waals surface area contributed by atoms with Gasteiger partial charge in [0.25, 0.3) is 0 Å². The summed E-state index contributed by atoms with van der Waals surface area (Å²) >= 11 is 1.11. The lowest BCUT2D eigenvalue weighted by atomic mass is 9.94. The van der Waals surface area contributed by atoms with Crippen LogP contribution in [0.2, 0.25) is 0 Å². The maximum Gasteiger partial charge on any atom is 0.340 e. The fourth-order valence-corrected chi connectivity index (χ4v) is 10.8. The molecule has 11 atom stereocenters. The van der Waals surface area contributed by atoms with E-state index in [4.69, 9.17) is 52.1 Å². The van der Waals surface area contributed by atoms with Gasteiger partial charge in [0.2, 0.25) is 35.4 Å². The number of aliphatic hydroxyl groups is 4. The molecular formula is C52H72N6O24S. The number of rotatable bonds is 30. The quantitative estimate of drug-likeness (QED) is 0.0246. The minimum Gasteiger partial charge on any atom is -0.492 e. The van der Waals surface area contributed by atoms with Crippen LogP contribution in [-0.4, -0.2) is 284 Å². The first kappa shape index (κ1) is 64.6. The number of nitrogens with zero attached hydrogens (tertiary/aromatic N) is 4. The van der Waals surface area contributed by atoms with Gasteiger partial charge in [-0.25, -0.2) is 4.79 Å². The second-order valence-electron chi connectivity index (χ2n) is 19.8. The molecule has 83 heavy (non-hydrogen) atoms. The van der Waals surface area contributed by atoms with Crippen molar-refractivity contribution in [1.29, 1.82) is 0 Å². The Labute approximate surface area is 480 Å². The van der Waals surface area contributed by atoms with Crippen LogP contribution in [0.15, 0.2) is 24.4 Å². The Kier molecular flexibility index (Phi) is 24.3. The van der Waals surface area contributed by atoms with Crippen LogP contribution in [0, 0.1) is 0 Å². The molecule has 30 nitrogen and oxygen atoms in total. The van der Waals surface area contributed by atoms with Crippen LogP contribution in [0.25, 0.3) is 10.9 Å². The van der Waals surface area contributed by atoms with Gasteiger partial charge in [-0.15, -0.1) is 11.8 Å². The Bertz CT molecular complexity index is 2610. The van der Waals surface area contributed by atoms with Crippen LogP contribution in [0.4, 0.5) is 0 Å². The molecule has 1 aromatic carbocycles. The largest absolute Gasteiger partial charge is 0.492 e. The Morgan fingerprint density at radius 3 is 1.75 bits per heavy atom. The monoisotopic (exact) mass is 1200 g/mol. The molecule has 7 rings (SSSR count). The number of fused-ring (bicyclic) bond motifs is 3. The highest BCUT2D eigenvalue weighted by molar-refractivity contribution is 8.01. The number of likely N-dealkylation sites (tertiary alicyclic amines) is 1. The fourth-order valence-electron chi connectivity index (χ4n) is 9.80. The first-order chi connectivity index (χ1) is 39.8. The summed E-state index contributed by atoms with van der Waals surface area (Å²) in [6.07, 6.45) is -8.17.